The van der Waals surface area contributed by atoms with Gasteiger partial charge in [-0.3, -0.25) is 24.6 Å². The number of phenols is 1. The molecule has 11 heteroatoms. The quantitative estimate of drug-likeness (QED) is 0.224. The van der Waals surface area contributed by atoms with Gasteiger partial charge in [0.05, 0.1) is 25.4 Å². The van der Waals surface area contributed by atoms with Gasteiger partial charge in [-0.2, -0.15) is 0 Å². The second-order valence-electron chi connectivity index (χ2n) is 17.0. The van der Waals surface area contributed by atoms with Crippen LogP contribution in [0, 0.1) is 5.92 Å². The minimum atomic E-state index is -0.640. The molecule has 0 saturated carbocycles. The first-order chi connectivity index (χ1) is 28.3. The number of benzene rings is 4. The SMILES string of the molecule is COc1cc(N2CCC(CN3CCN4c5ccc6c(c5OC[C@@H]4C3)CN([C@@H]3CCC(=O)NC3=O)C6=O)CC2)ccc1[C@@H]1c2ccc(O)cc2CC[C@@H]1c1ccccc1. The molecule has 5 heterocycles. The summed E-state index contributed by atoms with van der Waals surface area (Å²) in [5, 5.41) is 12.7. The number of fused-ring (bicyclic) bond motifs is 6. The molecule has 5 aliphatic heterocycles. The number of amides is 3. The fraction of sp³-hybridized carbons (Fsp3) is 0.426. The number of ether oxygens (including phenoxy) is 2. The highest BCUT2D eigenvalue weighted by Crippen LogP contribution is 2.50. The maximum atomic E-state index is 13.4. The second-order valence-corrected chi connectivity index (χ2v) is 17.0. The maximum Gasteiger partial charge on any atom is 0.255 e. The molecule has 10 rings (SSSR count). The molecule has 58 heavy (non-hydrogen) atoms. The topological polar surface area (TPSA) is 115 Å². The molecule has 3 amide bonds. The lowest BCUT2D eigenvalue weighted by Gasteiger charge is -2.47. The second kappa shape index (κ2) is 15.0. The van der Waals surface area contributed by atoms with Crippen molar-refractivity contribution in [3.05, 3.63) is 112 Å². The molecule has 1 aliphatic carbocycles. The van der Waals surface area contributed by atoms with E-state index in [0.29, 0.717) is 42.7 Å². The third-order valence-electron chi connectivity index (χ3n) is 13.8. The number of imide groups is 1. The Morgan fingerprint density at radius 1 is 0.845 bits per heavy atom. The Morgan fingerprint density at radius 3 is 2.48 bits per heavy atom. The van der Waals surface area contributed by atoms with Gasteiger partial charge in [0.1, 0.15) is 29.9 Å². The van der Waals surface area contributed by atoms with Gasteiger partial charge < -0.3 is 29.3 Å². The van der Waals surface area contributed by atoms with Crippen LogP contribution in [0.2, 0.25) is 0 Å². The van der Waals surface area contributed by atoms with Crippen molar-refractivity contribution >= 4 is 29.1 Å². The molecule has 0 unspecified atom stereocenters. The fourth-order valence-electron chi connectivity index (χ4n) is 10.9. The first kappa shape index (κ1) is 36.8. The zero-order valence-electron chi connectivity index (χ0n) is 33.1. The fourth-order valence-corrected chi connectivity index (χ4v) is 10.9. The van der Waals surface area contributed by atoms with Crippen molar-refractivity contribution in [3.8, 4) is 17.2 Å². The van der Waals surface area contributed by atoms with Crippen LogP contribution in [0.3, 0.4) is 0 Å². The number of piperidine rings is 2. The summed E-state index contributed by atoms with van der Waals surface area (Å²) in [5.41, 5.74) is 8.70. The van der Waals surface area contributed by atoms with E-state index in [1.165, 1.54) is 27.9 Å². The number of carbonyl (C=O) groups excluding carboxylic acids is 3. The summed E-state index contributed by atoms with van der Waals surface area (Å²) in [6.07, 6.45) is 4.79. The van der Waals surface area contributed by atoms with E-state index >= 15 is 0 Å². The molecule has 0 aromatic heterocycles. The van der Waals surface area contributed by atoms with Gasteiger partial charge in [-0.1, -0.05) is 42.5 Å². The van der Waals surface area contributed by atoms with Gasteiger partial charge in [-0.15, -0.1) is 0 Å². The molecular formula is C47H51N5O6. The Hall–Kier alpha value is -5.55. The Bertz CT molecular complexity index is 2260. The summed E-state index contributed by atoms with van der Waals surface area (Å²) in [4.78, 5) is 46.9. The maximum absolute atomic E-state index is 13.4. The van der Waals surface area contributed by atoms with E-state index in [1.54, 1.807) is 12.0 Å². The van der Waals surface area contributed by atoms with Crippen molar-refractivity contribution in [1.82, 2.24) is 15.1 Å². The normalized spacial score (nSPS) is 24.7. The van der Waals surface area contributed by atoms with Crippen molar-refractivity contribution in [2.24, 2.45) is 5.92 Å². The van der Waals surface area contributed by atoms with Crippen molar-refractivity contribution in [1.29, 1.82) is 0 Å². The van der Waals surface area contributed by atoms with Crippen LogP contribution < -0.4 is 24.6 Å². The number of hydrogen-bond acceptors (Lipinski definition) is 9. The molecule has 0 spiro atoms. The smallest absolute Gasteiger partial charge is 0.255 e. The molecule has 0 radical (unpaired) electrons. The lowest BCUT2D eigenvalue weighted by molar-refractivity contribution is -0.136. The summed E-state index contributed by atoms with van der Waals surface area (Å²) in [6, 6.07) is 27.0. The highest BCUT2D eigenvalue weighted by atomic mass is 16.5. The molecule has 4 aromatic carbocycles. The van der Waals surface area contributed by atoms with Gasteiger partial charge in [-0.05, 0) is 91.0 Å². The lowest BCUT2D eigenvalue weighted by Crippen LogP contribution is -2.58. The van der Waals surface area contributed by atoms with E-state index in [4.69, 9.17) is 9.47 Å². The minimum Gasteiger partial charge on any atom is -0.508 e. The van der Waals surface area contributed by atoms with Crippen molar-refractivity contribution in [3.63, 3.8) is 0 Å². The number of aryl methyl sites for hydroxylation is 1. The third-order valence-corrected chi connectivity index (χ3v) is 13.8. The predicted molar refractivity (Wildman–Crippen MR) is 221 cm³/mol. The lowest BCUT2D eigenvalue weighted by atomic mass is 9.69. The Kier molecular flexibility index (Phi) is 9.51. The summed E-state index contributed by atoms with van der Waals surface area (Å²) < 4.78 is 12.6. The van der Waals surface area contributed by atoms with E-state index in [-0.39, 0.29) is 30.2 Å². The molecule has 3 saturated heterocycles. The van der Waals surface area contributed by atoms with E-state index in [1.807, 2.05) is 24.3 Å². The first-order valence-corrected chi connectivity index (χ1v) is 21.0. The van der Waals surface area contributed by atoms with Crippen LogP contribution >= 0.6 is 0 Å². The van der Waals surface area contributed by atoms with Gasteiger partial charge in [0, 0.05) is 80.1 Å². The zero-order valence-corrected chi connectivity index (χ0v) is 33.1. The highest BCUT2D eigenvalue weighted by Gasteiger charge is 2.43. The summed E-state index contributed by atoms with van der Waals surface area (Å²) in [6.45, 7) is 6.77. The molecular weight excluding hydrogens is 731 g/mol. The average molecular weight is 782 g/mol. The number of aromatic hydroxyl groups is 1. The van der Waals surface area contributed by atoms with Crippen LogP contribution in [-0.2, 0) is 22.6 Å². The third kappa shape index (κ3) is 6.53. The van der Waals surface area contributed by atoms with Crippen LogP contribution in [0.15, 0.2) is 78.9 Å². The van der Waals surface area contributed by atoms with E-state index in [9.17, 15) is 19.5 Å². The van der Waals surface area contributed by atoms with Crippen molar-refractivity contribution < 1.29 is 29.0 Å². The van der Waals surface area contributed by atoms with Gasteiger partial charge in [0.15, 0.2) is 0 Å². The number of carbonyl (C=O) groups is 3. The van der Waals surface area contributed by atoms with Crippen LogP contribution in [0.5, 0.6) is 17.2 Å². The number of piperazine rings is 1. The van der Waals surface area contributed by atoms with E-state index in [2.05, 4.69) is 74.6 Å². The number of anilines is 2. The summed E-state index contributed by atoms with van der Waals surface area (Å²) in [5.74, 6) is 2.22. The van der Waals surface area contributed by atoms with Gasteiger partial charge >= 0.3 is 0 Å². The molecule has 2 N–H and O–H groups in total. The molecule has 4 aromatic rings. The monoisotopic (exact) mass is 781 g/mol. The molecule has 0 bridgehead atoms. The number of hydrogen-bond donors (Lipinski definition) is 2. The van der Waals surface area contributed by atoms with Gasteiger partial charge in [0.25, 0.3) is 5.91 Å². The zero-order chi connectivity index (χ0) is 39.5. The summed E-state index contributed by atoms with van der Waals surface area (Å²) >= 11 is 0. The number of phenolic OH excluding ortho intramolecular Hbond substituents is 1. The number of rotatable bonds is 7. The van der Waals surface area contributed by atoms with Crippen molar-refractivity contribution in [2.75, 3.05) is 62.8 Å². The van der Waals surface area contributed by atoms with Gasteiger partial charge in [0.2, 0.25) is 11.8 Å². The van der Waals surface area contributed by atoms with E-state index < -0.39 is 11.9 Å². The standard InChI is InChI=1S/C47H51N5O6/c1-57-42-24-32(8-11-38(42)44-35(30-5-3-2-4-6-30)10-7-31-23-34(53)9-12-36(31)44)50-19-17-29(18-20-50)25-49-21-22-51-33(26-49)28-58-45-39-27-52(41-15-16-43(54)48-46(41)55)47(56)37(39)13-14-40(45)51/h2-6,8-9,11-14,23-24,29,33,35,41,44,53H,7,10,15-22,25-28H2,1H3,(H,48,54,55)/t33-,35+,41+,44-/m0/s1. The summed E-state index contributed by atoms with van der Waals surface area (Å²) in [7, 11) is 1.79. The molecule has 6 aliphatic rings. The van der Waals surface area contributed by atoms with Crippen LogP contribution in [0.4, 0.5) is 11.4 Å². The molecule has 3 fully saturated rings. The molecule has 11 nitrogen and oxygen atoms in total. The first-order valence-electron chi connectivity index (χ1n) is 21.0. The van der Waals surface area contributed by atoms with Crippen LogP contribution in [0.1, 0.15) is 82.1 Å². The van der Waals surface area contributed by atoms with Crippen LogP contribution in [0.25, 0.3) is 0 Å². The Labute approximate surface area is 339 Å². The number of methoxy groups -OCH3 is 1. The Morgan fingerprint density at radius 2 is 1.67 bits per heavy atom. The average Bonchev–Trinajstić information content (AvgIpc) is 3.59. The Balaban J connectivity index is 0.779. The van der Waals surface area contributed by atoms with Crippen LogP contribution in [-0.4, -0.2) is 97.7 Å². The predicted octanol–water partition coefficient (Wildman–Crippen LogP) is 5.82. The highest BCUT2D eigenvalue weighted by molar-refractivity contribution is 6.06. The minimum absolute atomic E-state index is 0.130. The van der Waals surface area contributed by atoms with Gasteiger partial charge in [-0.25, -0.2) is 0 Å². The number of nitrogens with one attached hydrogen (secondary N) is 1. The molecule has 4 atom stereocenters. The number of nitrogens with zero attached hydrogens (tertiary/aromatic N) is 4. The molecule has 300 valence electrons. The van der Waals surface area contributed by atoms with Crippen molar-refractivity contribution in [2.45, 2.75) is 69.0 Å². The largest absolute Gasteiger partial charge is 0.508 e. The van der Waals surface area contributed by atoms with E-state index in [0.717, 1.165) is 87.7 Å².